The summed E-state index contributed by atoms with van der Waals surface area (Å²) < 4.78 is 10.9. The van der Waals surface area contributed by atoms with Crippen LogP contribution in [-0.2, 0) is 0 Å². The Bertz CT molecular complexity index is 467. The zero-order chi connectivity index (χ0) is 11.4. The first-order valence-electron chi connectivity index (χ1n) is 5.19. The molecule has 3 nitrogen and oxygen atoms in total. The van der Waals surface area contributed by atoms with Crippen molar-refractivity contribution in [2.24, 2.45) is 0 Å². The molecule has 1 N–H and O–H groups in total. The van der Waals surface area contributed by atoms with Crippen molar-refractivity contribution in [1.82, 2.24) is 4.98 Å². The average molecular weight is 240 g/mol. The van der Waals surface area contributed by atoms with Crippen LogP contribution in [0.3, 0.4) is 0 Å². The van der Waals surface area contributed by atoms with Crippen molar-refractivity contribution in [2.75, 3.05) is 19.6 Å². The first kappa shape index (κ1) is 11.1. The number of H-pyrrole nitrogens is 1. The van der Waals surface area contributed by atoms with Gasteiger partial charge in [0.1, 0.15) is 0 Å². The topological polar surface area (TPSA) is 34.2 Å². The number of halogens is 1. The minimum absolute atomic E-state index is 0.606. The number of hydrogen-bond donors (Lipinski definition) is 1. The molecule has 86 valence electrons. The van der Waals surface area contributed by atoms with Crippen LogP contribution in [0.4, 0.5) is 0 Å². The molecule has 4 heteroatoms. The SMILES string of the molecule is COc1cc2[nH]ccc2cc1OCCCCl. The van der Waals surface area contributed by atoms with Gasteiger partial charge in [0.2, 0.25) is 0 Å². The second-order valence-electron chi connectivity index (χ2n) is 3.46. The standard InChI is InChI=1S/C12H14ClNO2/c1-15-11-8-10-9(3-5-14-10)7-12(11)16-6-2-4-13/h3,5,7-8,14H,2,4,6H2,1H3. The average Bonchev–Trinajstić information content (AvgIpc) is 2.75. The maximum atomic E-state index is 5.62. The summed E-state index contributed by atoms with van der Waals surface area (Å²) in [6, 6.07) is 5.91. The summed E-state index contributed by atoms with van der Waals surface area (Å²) >= 11 is 5.60. The van der Waals surface area contributed by atoms with E-state index in [9.17, 15) is 0 Å². The van der Waals surface area contributed by atoms with E-state index in [2.05, 4.69) is 4.98 Å². The monoisotopic (exact) mass is 239 g/mol. The van der Waals surface area contributed by atoms with Crippen LogP contribution in [0.15, 0.2) is 24.4 Å². The highest BCUT2D eigenvalue weighted by Crippen LogP contribution is 2.31. The van der Waals surface area contributed by atoms with E-state index in [0.717, 1.165) is 28.8 Å². The normalized spacial score (nSPS) is 10.6. The lowest BCUT2D eigenvalue weighted by atomic mass is 10.2. The smallest absolute Gasteiger partial charge is 0.162 e. The van der Waals surface area contributed by atoms with Gasteiger partial charge in [0.15, 0.2) is 11.5 Å². The van der Waals surface area contributed by atoms with Gasteiger partial charge in [-0.2, -0.15) is 0 Å². The van der Waals surface area contributed by atoms with Crippen molar-refractivity contribution >= 4 is 22.5 Å². The summed E-state index contributed by atoms with van der Waals surface area (Å²) in [5, 5.41) is 1.11. The molecule has 0 saturated heterocycles. The van der Waals surface area contributed by atoms with Crippen molar-refractivity contribution in [2.45, 2.75) is 6.42 Å². The summed E-state index contributed by atoms with van der Waals surface area (Å²) in [7, 11) is 1.64. The lowest BCUT2D eigenvalue weighted by Crippen LogP contribution is -1.99. The van der Waals surface area contributed by atoms with Crippen LogP contribution in [0.25, 0.3) is 10.9 Å². The Balaban J connectivity index is 2.26. The fourth-order valence-corrected chi connectivity index (χ4v) is 1.68. The van der Waals surface area contributed by atoms with Crippen LogP contribution in [-0.4, -0.2) is 24.6 Å². The molecule has 0 spiro atoms. The number of rotatable bonds is 5. The molecule has 0 aliphatic carbocycles. The third-order valence-electron chi connectivity index (χ3n) is 2.37. The highest BCUT2D eigenvalue weighted by molar-refractivity contribution is 6.17. The Labute approximate surface area is 99.3 Å². The molecule has 0 saturated carbocycles. The third kappa shape index (κ3) is 2.25. The molecular formula is C12H14ClNO2. The quantitative estimate of drug-likeness (QED) is 0.642. The molecule has 1 heterocycles. The molecule has 0 unspecified atom stereocenters. The van der Waals surface area contributed by atoms with E-state index >= 15 is 0 Å². The van der Waals surface area contributed by atoms with Gasteiger partial charge in [0.05, 0.1) is 13.7 Å². The van der Waals surface area contributed by atoms with Crippen LogP contribution in [0.1, 0.15) is 6.42 Å². The summed E-state index contributed by atoms with van der Waals surface area (Å²) in [5.41, 5.74) is 1.04. The van der Waals surface area contributed by atoms with Crippen molar-refractivity contribution in [3.8, 4) is 11.5 Å². The maximum absolute atomic E-state index is 5.62. The lowest BCUT2D eigenvalue weighted by Gasteiger charge is -2.10. The molecule has 2 rings (SSSR count). The predicted octanol–water partition coefficient (Wildman–Crippen LogP) is 3.18. The van der Waals surface area contributed by atoms with Crippen LogP contribution in [0.2, 0.25) is 0 Å². The molecule has 0 fully saturated rings. The van der Waals surface area contributed by atoms with Gasteiger partial charge in [-0.25, -0.2) is 0 Å². The Morgan fingerprint density at radius 1 is 1.31 bits per heavy atom. The molecule has 16 heavy (non-hydrogen) atoms. The first-order chi connectivity index (χ1) is 7.85. The first-order valence-corrected chi connectivity index (χ1v) is 5.72. The van der Waals surface area contributed by atoms with Gasteiger partial charge in [-0.1, -0.05) is 0 Å². The second-order valence-corrected chi connectivity index (χ2v) is 3.84. The van der Waals surface area contributed by atoms with Crippen molar-refractivity contribution in [3.05, 3.63) is 24.4 Å². The molecule has 2 aromatic rings. The van der Waals surface area contributed by atoms with Crippen LogP contribution >= 0.6 is 11.6 Å². The van der Waals surface area contributed by atoms with E-state index in [0.29, 0.717) is 12.5 Å². The number of methoxy groups -OCH3 is 1. The van der Waals surface area contributed by atoms with E-state index < -0.39 is 0 Å². The zero-order valence-electron chi connectivity index (χ0n) is 9.13. The molecule has 0 amide bonds. The number of nitrogens with one attached hydrogen (secondary N) is 1. The van der Waals surface area contributed by atoms with Crippen LogP contribution in [0, 0.1) is 0 Å². The fourth-order valence-electron chi connectivity index (χ4n) is 1.57. The van der Waals surface area contributed by atoms with Crippen LogP contribution in [0.5, 0.6) is 11.5 Å². The van der Waals surface area contributed by atoms with Gasteiger partial charge in [-0.3, -0.25) is 0 Å². The number of hydrogen-bond acceptors (Lipinski definition) is 2. The highest BCUT2D eigenvalue weighted by Gasteiger charge is 2.07. The van der Waals surface area contributed by atoms with Gasteiger partial charge in [0.25, 0.3) is 0 Å². The fraction of sp³-hybridized carbons (Fsp3) is 0.333. The molecule has 0 radical (unpaired) electrons. The zero-order valence-corrected chi connectivity index (χ0v) is 9.88. The van der Waals surface area contributed by atoms with Gasteiger partial charge in [-0.15, -0.1) is 11.6 Å². The number of aromatic amines is 1. The third-order valence-corrected chi connectivity index (χ3v) is 2.64. The number of benzene rings is 1. The van der Waals surface area contributed by atoms with Crippen molar-refractivity contribution < 1.29 is 9.47 Å². The summed E-state index contributed by atoms with van der Waals surface area (Å²) in [6.07, 6.45) is 2.72. The van der Waals surface area contributed by atoms with Crippen molar-refractivity contribution in [3.63, 3.8) is 0 Å². The summed E-state index contributed by atoms with van der Waals surface area (Å²) in [5.74, 6) is 2.11. The highest BCUT2D eigenvalue weighted by atomic mass is 35.5. The van der Waals surface area contributed by atoms with Gasteiger partial charge in [-0.05, 0) is 18.6 Å². The number of ether oxygens (including phenoxy) is 2. The molecular weight excluding hydrogens is 226 g/mol. The van der Waals surface area contributed by atoms with Gasteiger partial charge < -0.3 is 14.5 Å². The Morgan fingerprint density at radius 3 is 2.94 bits per heavy atom. The molecule has 0 aliphatic rings. The lowest BCUT2D eigenvalue weighted by molar-refractivity contribution is 0.295. The van der Waals surface area contributed by atoms with E-state index in [4.69, 9.17) is 21.1 Å². The molecule has 0 atom stereocenters. The van der Waals surface area contributed by atoms with E-state index in [1.165, 1.54) is 0 Å². The summed E-state index contributed by atoms with van der Waals surface area (Å²) in [4.78, 5) is 3.13. The Morgan fingerprint density at radius 2 is 2.19 bits per heavy atom. The van der Waals surface area contributed by atoms with E-state index in [1.54, 1.807) is 7.11 Å². The number of fused-ring (bicyclic) bond motifs is 1. The molecule has 0 bridgehead atoms. The summed E-state index contributed by atoms with van der Waals surface area (Å²) in [6.45, 7) is 0.607. The number of aromatic nitrogens is 1. The Hall–Kier alpha value is -1.35. The van der Waals surface area contributed by atoms with E-state index in [1.807, 2.05) is 24.4 Å². The molecule has 0 aliphatic heterocycles. The van der Waals surface area contributed by atoms with Crippen molar-refractivity contribution in [1.29, 1.82) is 0 Å². The molecule has 1 aromatic carbocycles. The van der Waals surface area contributed by atoms with Gasteiger partial charge >= 0.3 is 0 Å². The Kier molecular flexibility index (Phi) is 3.57. The maximum Gasteiger partial charge on any atom is 0.162 e. The van der Waals surface area contributed by atoms with E-state index in [-0.39, 0.29) is 0 Å². The minimum atomic E-state index is 0.606. The van der Waals surface area contributed by atoms with Gasteiger partial charge in [0, 0.05) is 29.0 Å². The largest absolute Gasteiger partial charge is 0.493 e. The number of alkyl halides is 1. The molecule has 1 aromatic heterocycles. The minimum Gasteiger partial charge on any atom is -0.493 e. The second kappa shape index (κ2) is 5.12. The van der Waals surface area contributed by atoms with Crippen LogP contribution < -0.4 is 9.47 Å². The predicted molar refractivity (Wildman–Crippen MR) is 65.7 cm³/mol.